The van der Waals surface area contributed by atoms with Crippen LogP contribution in [0.5, 0.6) is 11.5 Å². The van der Waals surface area contributed by atoms with Crippen molar-refractivity contribution >= 4 is 12.1 Å². The summed E-state index contributed by atoms with van der Waals surface area (Å²) in [6.07, 6.45) is 4.11. The van der Waals surface area contributed by atoms with Crippen LogP contribution in [-0.2, 0) is 14.3 Å². The van der Waals surface area contributed by atoms with Gasteiger partial charge in [-0.2, -0.15) is 0 Å². The summed E-state index contributed by atoms with van der Waals surface area (Å²) in [6, 6.07) is 6.74. The van der Waals surface area contributed by atoms with Crippen LogP contribution in [0.2, 0.25) is 0 Å². The van der Waals surface area contributed by atoms with Crippen LogP contribution in [0.1, 0.15) is 19.3 Å². The van der Waals surface area contributed by atoms with Gasteiger partial charge in [-0.25, -0.2) is 9.59 Å². The summed E-state index contributed by atoms with van der Waals surface area (Å²) in [4.78, 5) is 25.0. The van der Waals surface area contributed by atoms with Crippen molar-refractivity contribution in [3.8, 4) is 11.5 Å². The molecule has 0 saturated carbocycles. The summed E-state index contributed by atoms with van der Waals surface area (Å²) >= 11 is 0. The second-order valence-electron chi connectivity index (χ2n) is 7.43. The molecule has 2 N–H and O–H groups in total. The summed E-state index contributed by atoms with van der Waals surface area (Å²) in [5.41, 5.74) is 0. The van der Waals surface area contributed by atoms with Crippen LogP contribution in [0.4, 0.5) is 4.79 Å². The molecule has 172 valence electrons. The predicted molar refractivity (Wildman–Crippen MR) is 114 cm³/mol. The number of carbonyl (C=O) groups excluding carboxylic acids is 1. The molecule has 3 unspecified atom stereocenters. The normalized spacial score (nSPS) is 21.0. The third kappa shape index (κ3) is 7.15. The van der Waals surface area contributed by atoms with Gasteiger partial charge in [0.05, 0.1) is 20.8 Å². The number of hydrogen-bond acceptors (Lipinski definition) is 7. The molecule has 9 nitrogen and oxygen atoms in total. The van der Waals surface area contributed by atoms with Gasteiger partial charge < -0.3 is 29.4 Å². The predicted octanol–water partition coefficient (Wildman–Crippen LogP) is 2.51. The van der Waals surface area contributed by atoms with E-state index in [0.29, 0.717) is 24.1 Å². The molecule has 3 rings (SSSR count). The third-order valence-corrected chi connectivity index (χ3v) is 5.40. The number of para-hydroxylation sites is 2. The van der Waals surface area contributed by atoms with Crippen molar-refractivity contribution in [1.82, 2.24) is 10.2 Å². The maximum atomic E-state index is 11.8. The number of amides is 1. The molecule has 0 aromatic heterocycles. The lowest BCUT2D eigenvalue weighted by Gasteiger charge is -2.27. The Balaban J connectivity index is 0.000000285. The Bertz CT molecular complexity index is 745. The number of likely N-dealkylation sites (tertiary alicyclic amines) is 1. The number of nitrogens with zero attached hydrogens (tertiary/aromatic N) is 1. The van der Waals surface area contributed by atoms with Gasteiger partial charge >= 0.3 is 12.1 Å². The number of nitrogens with one attached hydrogen (secondary N) is 1. The summed E-state index contributed by atoms with van der Waals surface area (Å²) in [5.74, 6) is 1.63. The van der Waals surface area contributed by atoms with E-state index in [2.05, 4.69) is 17.3 Å². The molecule has 1 fully saturated rings. The van der Waals surface area contributed by atoms with Gasteiger partial charge in [0.2, 0.25) is 0 Å². The minimum Gasteiger partial charge on any atom is -0.493 e. The van der Waals surface area contributed by atoms with Crippen LogP contribution < -0.4 is 14.8 Å². The number of ether oxygens (including phenoxy) is 4. The summed E-state index contributed by atoms with van der Waals surface area (Å²) in [5, 5.41) is 11.2. The summed E-state index contributed by atoms with van der Waals surface area (Å²) < 4.78 is 20.0. The Kier molecular flexibility index (Phi) is 9.61. The number of rotatable bonds is 7. The standard InChI is InChI=1S/C14H22N2O5.C8H10O2/c1-16-6-5-9-3-4-10(7-12(9)16)21-14(19)15-11(8-20-2)13(17)18;1-9-7-5-3-4-6-8(7)10-2/h7,9,11-12H,3-6,8H2,1-2H3,(H,15,19)(H,17,18);3-6H,1-2H3. The number of carboxylic acids is 1. The Morgan fingerprint density at radius 3 is 2.35 bits per heavy atom. The van der Waals surface area contributed by atoms with Crippen molar-refractivity contribution in [2.45, 2.75) is 31.3 Å². The first kappa shape index (κ1) is 24.5. The first-order valence-corrected chi connectivity index (χ1v) is 10.2. The summed E-state index contributed by atoms with van der Waals surface area (Å²) in [7, 11) is 6.68. The van der Waals surface area contributed by atoms with Crippen molar-refractivity contribution in [3.05, 3.63) is 36.1 Å². The van der Waals surface area contributed by atoms with Gasteiger partial charge in [-0.15, -0.1) is 0 Å². The topological polar surface area (TPSA) is 107 Å². The SMILES string of the molecule is COCC(NC(=O)OC1=CC2C(CC1)CCN2C)C(=O)O.COc1ccccc1OC. The monoisotopic (exact) mass is 436 g/mol. The van der Waals surface area contributed by atoms with E-state index in [0.717, 1.165) is 24.5 Å². The van der Waals surface area contributed by atoms with Crippen LogP contribution in [0.25, 0.3) is 0 Å². The fourth-order valence-corrected chi connectivity index (χ4v) is 3.73. The average molecular weight is 437 g/mol. The highest BCUT2D eigenvalue weighted by Gasteiger charge is 2.34. The van der Waals surface area contributed by atoms with Gasteiger partial charge in [0.25, 0.3) is 0 Å². The minimum atomic E-state index is -1.15. The fraction of sp³-hybridized carbons (Fsp3) is 0.545. The van der Waals surface area contributed by atoms with E-state index in [4.69, 9.17) is 24.1 Å². The number of hydrogen-bond donors (Lipinski definition) is 2. The maximum absolute atomic E-state index is 11.8. The number of alkyl carbamates (subject to hydrolysis) is 1. The number of fused-ring (bicyclic) bond motifs is 1. The number of aliphatic carboxylic acids is 1. The zero-order chi connectivity index (χ0) is 22.8. The molecule has 1 saturated heterocycles. The lowest BCUT2D eigenvalue weighted by atomic mass is 9.89. The lowest BCUT2D eigenvalue weighted by molar-refractivity contribution is -0.140. The molecule has 1 aromatic rings. The smallest absolute Gasteiger partial charge is 0.413 e. The second kappa shape index (κ2) is 12.2. The van der Waals surface area contributed by atoms with E-state index in [9.17, 15) is 9.59 Å². The number of benzene rings is 1. The Morgan fingerprint density at radius 1 is 1.16 bits per heavy atom. The van der Waals surface area contributed by atoms with E-state index in [1.54, 1.807) is 14.2 Å². The molecule has 0 spiro atoms. The van der Waals surface area contributed by atoms with Crippen molar-refractivity contribution in [1.29, 1.82) is 0 Å². The van der Waals surface area contributed by atoms with Gasteiger partial charge in [-0.3, -0.25) is 4.90 Å². The van der Waals surface area contributed by atoms with Crippen molar-refractivity contribution in [2.75, 3.05) is 41.5 Å². The van der Waals surface area contributed by atoms with E-state index in [1.807, 2.05) is 30.3 Å². The number of methoxy groups -OCH3 is 3. The minimum absolute atomic E-state index is 0.100. The van der Waals surface area contributed by atoms with Gasteiger partial charge in [-0.1, -0.05) is 12.1 Å². The van der Waals surface area contributed by atoms with E-state index in [1.165, 1.54) is 13.5 Å². The molecule has 1 aliphatic carbocycles. The van der Waals surface area contributed by atoms with Gasteiger partial charge in [0, 0.05) is 19.6 Å². The highest BCUT2D eigenvalue weighted by molar-refractivity contribution is 5.80. The number of carbonyl (C=O) groups is 2. The van der Waals surface area contributed by atoms with Crippen LogP contribution in [0.15, 0.2) is 36.1 Å². The van der Waals surface area contributed by atoms with Gasteiger partial charge in [0.1, 0.15) is 5.76 Å². The molecule has 0 radical (unpaired) electrons. The zero-order valence-corrected chi connectivity index (χ0v) is 18.5. The Morgan fingerprint density at radius 2 is 1.81 bits per heavy atom. The molecular weight excluding hydrogens is 404 g/mol. The highest BCUT2D eigenvalue weighted by atomic mass is 16.6. The Labute approximate surface area is 182 Å². The molecule has 1 aromatic carbocycles. The van der Waals surface area contributed by atoms with E-state index >= 15 is 0 Å². The number of carboxylic acid groups (broad SMARTS) is 1. The number of likely N-dealkylation sites (N-methyl/N-ethyl adjacent to an activating group) is 1. The van der Waals surface area contributed by atoms with Crippen LogP contribution in [0.3, 0.4) is 0 Å². The Hall–Kier alpha value is -2.78. The van der Waals surface area contributed by atoms with Gasteiger partial charge in [0.15, 0.2) is 17.5 Å². The van der Waals surface area contributed by atoms with Crippen LogP contribution in [0, 0.1) is 5.92 Å². The lowest BCUT2D eigenvalue weighted by Crippen LogP contribution is -2.44. The first-order chi connectivity index (χ1) is 14.9. The molecule has 9 heteroatoms. The third-order valence-electron chi connectivity index (χ3n) is 5.40. The quantitative estimate of drug-likeness (QED) is 0.672. The molecule has 3 atom stereocenters. The van der Waals surface area contributed by atoms with Crippen molar-refractivity contribution in [2.24, 2.45) is 5.92 Å². The molecule has 2 aliphatic rings. The molecule has 31 heavy (non-hydrogen) atoms. The average Bonchev–Trinajstić information content (AvgIpc) is 3.14. The van der Waals surface area contributed by atoms with E-state index < -0.39 is 18.1 Å². The second-order valence-corrected chi connectivity index (χ2v) is 7.43. The van der Waals surface area contributed by atoms with Crippen LogP contribution >= 0.6 is 0 Å². The largest absolute Gasteiger partial charge is 0.493 e. The fourth-order valence-electron chi connectivity index (χ4n) is 3.73. The molecule has 0 bridgehead atoms. The zero-order valence-electron chi connectivity index (χ0n) is 18.5. The number of allylic oxidation sites excluding steroid dienone is 1. The highest BCUT2D eigenvalue weighted by Crippen LogP contribution is 2.34. The van der Waals surface area contributed by atoms with Gasteiger partial charge in [-0.05, 0) is 50.6 Å². The maximum Gasteiger partial charge on any atom is 0.413 e. The molecule has 1 amide bonds. The van der Waals surface area contributed by atoms with Crippen molar-refractivity contribution < 1.29 is 33.6 Å². The van der Waals surface area contributed by atoms with E-state index in [-0.39, 0.29) is 6.61 Å². The molecular formula is C22H32N2O7. The summed E-state index contributed by atoms with van der Waals surface area (Å²) in [6.45, 7) is 0.956. The first-order valence-electron chi connectivity index (χ1n) is 10.2. The van der Waals surface area contributed by atoms with Crippen molar-refractivity contribution in [3.63, 3.8) is 0 Å². The molecule has 1 aliphatic heterocycles. The van der Waals surface area contributed by atoms with Crippen LogP contribution in [-0.4, -0.2) is 75.7 Å². The molecule has 1 heterocycles.